The molecule has 2 aliphatic carbocycles. The molecule has 1 fully saturated rings. The van der Waals surface area contributed by atoms with Crippen LogP contribution in [0.15, 0.2) is 35.9 Å². The number of rotatable bonds is 9. The van der Waals surface area contributed by atoms with Gasteiger partial charge < -0.3 is 10.1 Å². The van der Waals surface area contributed by atoms with Gasteiger partial charge in [0, 0.05) is 19.1 Å². The lowest BCUT2D eigenvalue weighted by molar-refractivity contribution is -0.121. The van der Waals surface area contributed by atoms with Crippen LogP contribution in [0.2, 0.25) is 0 Å². The first kappa shape index (κ1) is 20.4. The van der Waals surface area contributed by atoms with Gasteiger partial charge in [0.15, 0.2) is 0 Å². The highest BCUT2D eigenvalue weighted by Crippen LogP contribution is 2.28. The van der Waals surface area contributed by atoms with E-state index in [1.165, 1.54) is 18.4 Å². The fraction of sp³-hybridized carbons (Fsp3) is 0.545. The second kappa shape index (κ2) is 10.3. The summed E-state index contributed by atoms with van der Waals surface area (Å²) in [7, 11) is 1.65. The molecule has 1 aromatic rings. The Bertz CT molecular complexity index is 695. The molecule has 6 heteroatoms. The van der Waals surface area contributed by atoms with Gasteiger partial charge in [-0.2, -0.15) is 0 Å². The van der Waals surface area contributed by atoms with Gasteiger partial charge in [0.05, 0.1) is 13.7 Å². The van der Waals surface area contributed by atoms with Gasteiger partial charge in [0.1, 0.15) is 5.75 Å². The molecule has 3 amide bonds. The maximum atomic E-state index is 12.3. The Morgan fingerprint density at radius 1 is 1.18 bits per heavy atom. The first-order valence-electron chi connectivity index (χ1n) is 10.3. The number of hydrogen-bond donors (Lipinski definition) is 2. The van der Waals surface area contributed by atoms with Crippen LogP contribution >= 0.6 is 0 Å². The van der Waals surface area contributed by atoms with Crippen LogP contribution in [0.25, 0.3) is 0 Å². The highest BCUT2D eigenvalue weighted by molar-refractivity contribution is 5.95. The lowest BCUT2D eigenvalue weighted by Crippen LogP contribution is -2.45. The molecule has 3 rings (SSSR count). The van der Waals surface area contributed by atoms with Crippen LogP contribution in [0, 0.1) is 0 Å². The van der Waals surface area contributed by atoms with Gasteiger partial charge in [0.25, 0.3) is 0 Å². The van der Waals surface area contributed by atoms with Crippen molar-refractivity contribution in [2.75, 3.05) is 20.2 Å². The summed E-state index contributed by atoms with van der Waals surface area (Å²) in [6, 6.07) is 7.90. The molecule has 0 heterocycles. The minimum Gasteiger partial charge on any atom is -0.497 e. The van der Waals surface area contributed by atoms with E-state index >= 15 is 0 Å². The van der Waals surface area contributed by atoms with Crippen molar-refractivity contribution in [2.24, 2.45) is 0 Å². The maximum absolute atomic E-state index is 12.3. The molecule has 2 N–H and O–H groups in total. The molecular weight excluding hydrogens is 354 g/mol. The SMILES string of the molecule is COc1ccc(CN(CC(=O)NC(=O)NCCC2=CCCCC2)C2CC2)cc1. The number of carbonyl (C=O) groups excluding carboxylic acids is 2. The molecule has 28 heavy (non-hydrogen) atoms. The number of carbonyl (C=O) groups is 2. The Morgan fingerprint density at radius 2 is 1.96 bits per heavy atom. The molecule has 0 aliphatic heterocycles. The first-order valence-corrected chi connectivity index (χ1v) is 10.3. The van der Waals surface area contributed by atoms with E-state index < -0.39 is 6.03 Å². The van der Waals surface area contributed by atoms with Crippen molar-refractivity contribution in [2.45, 2.75) is 57.5 Å². The predicted octanol–water partition coefficient (Wildman–Crippen LogP) is 3.38. The molecule has 0 bridgehead atoms. The monoisotopic (exact) mass is 385 g/mol. The highest BCUT2D eigenvalue weighted by Gasteiger charge is 2.30. The zero-order valence-corrected chi connectivity index (χ0v) is 16.7. The minimum atomic E-state index is -0.401. The Labute approximate surface area is 167 Å². The van der Waals surface area contributed by atoms with Gasteiger partial charge in [-0.1, -0.05) is 23.8 Å². The Kier molecular flexibility index (Phi) is 7.48. The van der Waals surface area contributed by atoms with Crippen LogP contribution in [0.5, 0.6) is 5.75 Å². The van der Waals surface area contributed by atoms with Gasteiger partial charge in [-0.25, -0.2) is 4.79 Å². The first-order chi connectivity index (χ1) is 13.6. The van der Waals surface area contributed by atoms with Crippen molar-refractivity contribution >= 4 is 11.9 Å². The number of methoxy groups -OCH3 is 1. The van der Waals surface area contributed by atoms with Crippen molar-refractivity contribution in [1.29, 1.82) is 0 Å². The number of imide groups is 1. The zero-order chi connectivity index (χ0) is 19.8. The Hall–Kier alpha value is -2.34. The van der Waals surface area contributed by atoms with Gasteiger partial charge in [0.2, 0.25) is 5.91 Å². The van der Waals surface area contributed by atoms with E-state index in [4.69, 9.17) is 4.74 Å². The molecule has 0 saturated heterocycles. The van der Waals surface area contributed by atoms with Crippen LogP contribution in [0.4, 0.5) is 4.79 Å². The number of urea groups is 1. The smallest absolute Gasteiger partial charge is 0.321 e. The predicted molar refractivity (Wildman–Crippen MR) is 109 cm³/mol. The lowest BCUT2D eigenvalue weighted by atomic mass is 9.97. The van der Waals surface area contributed by atoms with Crippen molar-refractivity contribution in [3.8, 4) is 5.75 Å². The van der Waals surface area contributed by atoms with Gasteiger partial charge in [-0.05, 0) is 62.6 Å². The third-order valence-electron chi connectivity index (χ3n) is 5.32. The summed E-state index contributed by atoms with van der Waals surface area (Å²) in [5.74, 6) is 0.565. The molecule has 6 nitrogen and oxygen atoms in total. The number of ether oxygens (including phenoxy) is 1. The molecule has 0 atom stereocenters. The fourth-order valence-corrected chi connectivity index (χ4v) is 3.58. The van der Waals surface area contributed by atoms with Crippen molar-refractivity contribution in [3.05, 3.63) is 41.5 Å². The van der Waals surface area contributed by atoms with E-state index in [9.17, 15) is 9.59 Å². The zero-order valence-electron chi connectivity index (χ0n) is 16.7. The summed E-state index contributed by atoms with van der Waals surface area (Å²) in [5, 5.41) is 5.26. The third kappa shape index (κ3) is 6.68. The average Bonchev–Trinajstić information content (AvgIpc) is 3.54. The maximum Gasteiger partial charge on any atom is 0.321 e. The summed E-state index contributed by atoms with van der Waals surface area (Å²) in [5.41, 5.74) is 2.54. The topological polar surface area (TPSA) is 70.7 Å². The number of hydrogen-bond acceptors (Lipinski definition) is 4. The second-order valence-corrected chi connectivity index (χ2v) is 7.65. The van der Waals surface area contributed by atoms with E-state index in [-0.39, 0.29) is 12.5 Å². The third-order valence-corrected chi connectivity index (χ3v) is 5.32. The number of amides is 3. The number of nitrogens with one attached hydrogen (secondary N) is 2. The average molecular weight is 386 g/mol. The molecule has 1 aromatic carbocycles. The summed E-state index contributed by atoms with van der Waals surface area (Å²) < 4.78 is 5.19. The lowest BCUT2D eigenvalue weighted by Gasteiger charge is -2.21. The highest BCUT2D eigenvalue weighted by atomic mass is 16.5. The second-order valence-electron chi connectivity index (χ2n) is 7.65. The molecule has 0 spiro atoms. The largest absolute Gasteiger partial charge is 0.497 e. The standard InChI is InChI=1S/C22H31N3O3/c1-28-20-11-7-18(8-12-20)15-25(19-9-10-19)16-21(26)24-22(27)23-14-13-17-5-3-2-4-6-17/h5,7-8,11-12,19H,2-4,6,9-10,13-16H2,1H3,(H2,23,24,26,27). The minimum absolute atomic E-state index is 0.231. The Balaban J connectivity index is 1.40. The normalized spacial score (nSPS) is 16.4. The van der Waals surface area contributed by atoms with Gasteiger partial charge >= 0.3 is 6.03 Å². The van der Waals surface area contributed by atoms with E-state index in [2.05, 4.69) is 21.6 Å². The molecule has 0 radical (unpaired) electrons. The van der Waals surface area contributed by atoms with E-state index in [1.807, 2.05) is 24.3 Å². The Morgan fingerprint density at radius 3 is 2.61 bits per heavy atom. The molecular formula is C22H31N3O3. The molecule has 1 saturated carbocycles. The van der Waals surface area contributed by atoms with E-state index in [0.717, 1.165) is 43.4 Å². The number of allylic oxidation sites excluding steroid dienone is 1. The van der Waals surface area contributed by atoms with Crippen molar-refractivity contribution in [3.63, 3.8) is 0 Å². The molecule has 2 aliphatic rings. The molecule has 0 unspecified atom stereocenters. The summed E-state index contributed by atoms with van der Waals surface area (Å²) in [6.07, 6.45) is 10.1. The van der Waals surface area contributed by atoms with Crippen molar-refractivity contribution < 1.29 is 14.3 Å². The van der Waals surface area contributed by atoms with Crippen LogP contribution in [0.3, 0.4) is 0 Å². The van der Waals surface area contributed by atoms with Crippen LogP contribution in [0.1, 0.15) is 50.5 Å². The summed E-state index contributed by atoms with van der Waals surface area (Å²) >= 11 is 0. The number of benzene rings is 1. The van der Waals surface area contributed by atoms with E-state index in [0.29, 0.717) is 19.1 Å². The quantitative estimate of drug-likeness (QED) is 0.640. The van der Waals surface area contributed by atoms with Gasteiger partial charge in [-0.15, -0.1) is 0 Å². The number of nitrogens with zero attached hydrogens (tertiary/aromatic N) is 1. The molecule has 152 valence electrons. The summed E-state index contributed by atoms with van der Waals surface area (Å²) in [4.78, 5) is 26.4. The van der Waals surface area contributed by atoms with Crippen LogP contribution in [-0.4, -0.2) is 43.1 Å². The fourth-order valence-electron chi connectivity index (χ4n) is 3.58. The van der Waals surface area contributed by atoms with Crippen LogP contribution < -0.4 is 15.4 Å². The van der Waals surface area contributed by atoms with Gasteiger partial charge in [-0.3, -0.25) is 15.0 Å². The van der Waals surface area contributed by atoms with E-state index in [1.54, 1.807) is 7.11 Å². The van der Waals surface area contributed by atoms with Crippen LogP contribution in [-0.2, 0) is 11.3 Å². The summed E-state index contributed by atoms with van der Waals surface area (Å²) in [6.45, 7) is 1.50. The molecule has 0 aromatic heterocycles. The van der Waals surface area contributed by atoms with Crippen molar-refractivity contribution in [1.82, 2.24) is 15.5 Å².